The van der Waals surface area contributed by atoms with E-state index in [4.69, 9.17) is 0 Å². The summed E-state index contributed by atoms with van der Waals surface area (Å²) in [5, 5.41) is 9.70. The molecule has 104 valence electrons. The molecule has 0 amide bonds. The van der Waals surface area contributed by atoms with Crippen molar-refractivity contribution in [3.05, 3.63) is 29.3 Å². The van der Waals surface area contributed by atoms with Gasteiger partial charge in [-0.1, -0.05) is 13.8 Å². The predicted octanol–water partition coefficient (Wildman–Crippen LogP) is 3.04. The molecule has 0 spiro atoms. The van der Waals surface area contributed by atoms with E-state index in [2.05, 4.69) is 4.74 Å². The minimum atomic E-state index is -0.304. The Morgan fingerprint density at radius 2 is 1.95 bits per heavy atom. The fourth-order valence-corrected chi connectivity index (χ4v) is 1.83. The third-order valence-corrected chi connectivity index (χ3v) is 2.98. The van der Waals surface area contributed by atoms with Crippen molar-refractivity contribution in [3.8, 4) is 5.75 Å². The molecule has 0 aromatic heterocycles. The standard InChI is InChI=1S/C15H20O4/c1-10(2)12-9-11(7-8-14(12)17)13(16)5-4-6-15(18)19-3/h7-10,17H,4-6H2,1-3H3. The molecule has 1 N–H and O–H groups in total. The van der Waals surface area contributed by atoms with E-state index in [1.165, 1.54) is 7.11 Å². The van der Waals surface area contributed by atoms with Gasteiger partial charge in [0.15, 0.2) is 5.78 Å². The highest BCUT2D eigenvalue weighted by atomic mass is 16.5. The molecule has 0 heterocycles. The Balaban J connectivity index is 2.67. The molecule has 0 saturated carbocycles. The van der Waals surface area contributed by atoms with E-state index >= 15 is 0 Å². The van der Waals surface area contributed by atoms with Crippen LogP contribution in [0.1, 0.15) is 54.9 Å². The number of methoxy groups -OCH3 is 1. The second-order valence-electron chi connectivity index (χ2n) is 4.78. The minimum absolute atomic E-state index is 0.0224. The minimum Gasteiger partial charge on any atom is -0.508 e. The molecule has 0 saturated heterocycles. The third-order valence-electron chi connectivity index (χ3n) is 2.98. The van der Waals surface area contributed by atoms with Gasteiger partial charge in [0, 0.05) is 18.4 Å². The molecule has 0 bridgehead atoms. The van der Waals surface area contributed by atoms with Crippen molar-refractivity contribution in [2.24, 2.45) is 0 Å². The largest absolute Gasteiger partial charge is 0.508 e. The van der Waals surface area contributed by atoms with Crippen LogP contribution in [0.15, 0.2) is 18.2 Å². The summed E-state index contributed by atoms with van der Waals surface area (Å²) in [6.07, 6.45) is 1.03. The number of hydrogen-bond acceptors (Lipinski definition) is 4. The van der Waals surface area contributed by atoms with Crippen LogP contribution >= 0.6 is 0 Å². The zero-order valence-electron chi connectivity index (χ0n) is 11.6. The van der Waals surface area contributed by atoms with Crippen LogP contribution in [0, 0.1) is 0 Å². The van der Waals surface area contributed by atoms with Gasteiger partial charge in [-0.25, -0.2) is 0 Å². The second kappa shape index (κ2) is 6.92. The predicted molar refractivity (Wildman–Crippen MR) is 72.4 cm³/mol. The number of ether oxygens (including phenoxy) is 1. The fourth-order valence-electron chi connectivity index (χ4n) is 1.83. The third kappa shape index (κ3) is 4.39. The number of carbonyl (C=O) groups is 2. The number of phenols is 1. The van der Waals surface area contributed by atoms with E-state index in [1.807, 2.05) is 13.8 Å². The zero-order valence-corrected chi connectivity index (χ0v) is 11.6. The van der Waals surface area contributed by atoms with Gasteiger partial charge in [-0.2, -0.15) is 0 Å². The second-order valence-corrected chi connectivity index (χ2v) is 4.78. The molecule has 4 nitrogen and oxygen atoms in total. The summed E-state index contributed by atoms with van der Waals surface area (Å²) in [5.74, 6) is 0.0381. The van der Waals surface area contributed by atoms with E-state index in [0.717, 1.165) is 5.56 Å². The van der Waals surface area contributed by atoms with Crippen molar-refractivity contribution in [2.45, 2.75) is 39.0 Å². The molecule has 1 aromatic carbocycles. The molecule has 0 aliphatic rings. The SMILES string of the molecule is COC(=O)CCCC(=O)c1ccc(O)c(C(C)C)c1. The van der Waals surface area contributed by atoms with Crippen molar-refractivity contribution < 1.29 is 19.4 Å². The Bertz CT molecular complexity index is 463. The first-order chi connectivity index (χ1) is 8.95. The fraction of sp³-hybridized carbons (Fsp3) is 0.467. The van der Waals surface area contributed by atoms with E-state index < -0.39 is 0 Å². The quantitative estimate of drug-likeness (QED) is 0.633. The van der Waals surface area contributed by atoms with E-state index in [1.54, 1.807) is 18.2 Å². The first kappa shape index (κ1) is 15.2. The summed E-state index contributed by atoms with van der Waals surface area (Å²) in [6.45, 7) is 3.92. The number of hydrogen-bond donors (Lipinski definition) is 1. The molecular formula is C15H20O4. The summed E-state index contributed by atoms with van der Waals surface area (Å²) in [4.78, 5) is 22.9. The van der Waals surface area contributed by atoms with Crippen molar-refractivity contribution in [1.82, 2.24) is 0 Å². The highest BCUT2D eigenvalue weighted by molar-refractivity contribution is 5.96. The maximum absolute atomic E-state index is 12.0. The smallest absolute Gasteiger partial charge is 0.305 e. The average molecular weight is 264 g/mol. The lowest BCUT2D eigenvalue weighted by Crippen LogP contribution is -2.04. The van der Waals surface area contributed by atoms with Crippen molar-refractivity contribution in [2.75, 3.05) is 7.11 Å². The normalized spacial score (nSPS) is 10.5. The van der Waals surface area contributed by atoms with E-state index in [-0.39, 0.29) is 29.8 Å². The molecule has 0 aliphatic carbocycles. The van der Waals surface area contributed by atoms with Crippen LogP contribution in [0.3, 0.4) is 0 Å². The Kier molecular flexibility index (Phi) is 5.55. The summed E-state index contributed by atoms with van der Waals surface area (Å²) in [7, 11) is 1.33. The van der Waals surface area contributed by atoms with Gasteiger partial charge in [0.05, 0.1) is 7.11 Å². The summed E-state index contributed by atoms with van der Waals surface area (Å²) < 4.78 is 4.52. The maximum atomic E-state index is 12.0. The van der Waals surface area contributed by atoms with Gasteiger partial charge in [-0.15, -0.1) is 0 Å². The van der Waals surface area contributed by atoms with Gasteiger partial charge in [0.1, 0.15) is 5.75 Å². The van der Waals surface area contributed by atoms with Crippen LogP contribution in [-0.2, 0) is 9.53 Å². The van der Waals surface area contributed by atoms with Gasteiger partial charge in [0.25, 0.3) is 0 Å². The van der Waals surface area contributed by atoms with Crippen LogP contribution < -0.4 is 0 Å². The summed E-state index contributed by atoms with van der Waals surface area (Å²) >= 11 is 0. The van der Waals surface area contributed by atoms with Crippen LogP contribution in [0.4, 0.5) is 0 Å². The number of rotatable bonds is 6. The Labute approximate surface area is 113 Å². The number of carbonyl (C=O) groups excluding carboxylic acids is 2. The monoisotopic (exact) mass is 264 g/mol. The molecule has 1 rings (SSSR count). The van der Waals surface area contributed by atoms with Gasteiger partial charge in [-0.05, 0) is 36.1 Å². The van der Waals surface area contributed by atoms with Crippen LogP contribution in [0.5, 0.6) is 5.75 Å². The number of phenolic OH excluding ortho intramolecular Hbond substituents is 1. The zero-order chi connectivity index (χ0) is 14.4. The van der Waals surface area contributed by atoms with Crippen LogP contribution in [-0.4, -0.2) is 24.0 Å². The highest BCUT2D eigenvalue weighted by Crippen LogP contribution is 2.26. The van der Waals surface area contributed by atoms with Crippen molar-refractivity contribution >= 4 is 11.8 Å². The molecule has 0 unspecified atom stereocenters. The van der Waals surface area contributed by atoms with Gasteiger partial charge in [-0.3, -0.25) is 9.59 Å². The van der Waals surface area contributed by atoms with E-state index in [9.17, 15) is 14.7 Å². The number of benzene rings is 1. The lowest BCUT2D eigenvalue weighted by Gasteiger charge is -2.10. The van der Waals surface area contributed by atoms with E-state index in [0.29, 0.717) is 18.4 Å². The van der Waals surface area contributed by atoms with Gasteiger partial charge < -0.3 is 9.84 Å². The Morgan fingerprint density at radius 1 is 1.26 bits per heavy atom. The van der Waals surface area contributed by atoms with Gasteiger partial charge >= 0.3 is 5.97 Å². The molecule has 0 radical (unpaired) electrons. The number of ketones is 1. The van der Waals surface area contributed by atoms with Crippen molar-refractivity contribution in [3.63, 3.8) is 0 Å². The van der Waals surface area contributed by atoms with Crippen LogP contribution in [0.25, 0.3) is 0 Å². The van der Waals surface area contributed by atoms with Gasteiger partial charge in [0.2, 0.25) is 0 Å². The maximum Gasteiger partial charge on any atom is 0.305 e. The summed E-state index contributed by atoms with van der Waals surface area (Å²) in [6, 6.07) is 4.88. The molecule has 0 aliphatic heterocycles. The molecular weight excluding hydrogens is 244 g/mol. The molecule has 1 aromatic rings. The Morgan fingerprint density at radius 3 is 2.53 bits per heavy atom. The Hall–Kier alpha value is -1.84. The number of esters is 1. The first-order valence-electron chi connectivity index (χ1n) is 6.38. The lowest BCUT2D eigenvalue weighted by atomic mass is 9.96. The topological polar surface area (TPSA) is 63.6 Å². The molecule has 4 heteroatoms. The molecule has 0 atom stereocenters. The number of Topliss-reactive ketones (excluding diaryl/α,β-unsaturated/α-hetero) is 1. The van der Waals surface area contributed by atoms with Crippen molar-refractivity contribution in [1.29, 1.82) is 0 Å². The first-order valence-corrected chi connectivity index (χ1v) is 6.38. The molecule has 0 fully saturated rings. The van der Waals surface area contributed by atoms with Crippen LogP contribution in [0.2, 0.25) is 0 Å². The average Bonchev–Trinajstić information content (AvgIpc) is 2.38. The lowest BCUT2D eigenvalue weighted by molar-refractivity contribution is -0.140. The molecule has 19 heavy (non-hydrogen) atoms. The summed E-state index contributed by atoms with van der Waals surface area (Å²) in [5.41, 5.74) is 1.34. The highest BCUT2D eigenvalue weighted by Gasteiger charge is 2.12. The number of aromatic hydroxyl groups is 1.